The van der Waals surface area contributed by atoms with Gasteiger partial charge in [-0.3, -0.25) is 4.79 Å². The fraction of sp³-hybridized carbons (Fsp3) is 0.250. The molecule has 1 aliphatic rings. The van der Waals surface area contributed by atoms with E-state index in [1.807, 2.05) is 61.5 Å². The standard InChI is InChI=1S/C28H25F3N4O.ClH/c1-19-18-34(25(36)17-20-11-13-22(14-12-20)28(29,30)31)15-16-35(19)27-24-10-6-5-9-23(24)26(32-33-27)21-7-3-2-4-8-21;/h2-14,19H,15-18H2,1H3;1H/t19-;/m0./s1. The van der Waals surface area contributed by atoms with Crippen LogP contribution in [-0.4, -0.2) is 46.7 Å². The van der Waals surface area contributed by atoms with Crippen LogP contribution in [0.15, 0.2) is 78.9 Å². The number of benzene rings is 3. The summed E-state index contributed by atoms with van der Waals surface area (Å²) in [6, 6.07) is 22.8. The molecule has 3 aromatic carbocycles. The van der Waals surface area contributed by atoms with Crippen LogP contribution in [0.3, 0.4) is 0 Å². The predicted molar refractivity (Wildman–Crippen MR) is 141 cm³/mol. The zero-order valence-corrected chi connectivity index (χ0v) is 21.0. The summed E-state index contributed by atoms with van der Waals surface area (Å²) in [6.45, 7) is 3.62. The Bertz CT molecular complexity index is 1380. The molecule has 1 aromatic heterocycles. The minimum Gasteiger partial charge on any atom is -0.348 e. The molecule has 0 saturated carbocycles. The fourth-order valence-electron chi connectivity index (χ4n) is 4.71. The molecule has 0 unspecified atom stereocenters. The van der Waals surface area contributed by atoms with Gasteiger partial charge in [0.2, 0.25) is 5.91 Å². The van der Waals surface area contributed by atoms with Crippen molar-refractivity contribution in [3.63, 3.8) is 0 Å². The number of carbonyl (C=O) groups excluding carboxylic acids is 1. The zero-order valence-electron chi connectivity index (χ0n) is 20.2. The van der Waals surface area contributed by atoms with Crippen LogP contribution < -0.4 is 4.90 Å². The first-order valence-corrected chi connectivity index (χ1v) is 11.8. The van der Waals surface area contributed by atoms with Gasteiger partial charge in [0.1, 0.15) is 5.69 Å². The van der Waals surface area contributed by atoms with Crippen LogP contribution in [-0.2, 0) is 17.4 Å². The van der Waals surface area contributed by atoms with Crippen molar-refractivity contribution in [2.24, 2.45) is 0 Å². The Kier molecular flexibility index (Phi) is 7.68. The van der Waals surface area contributed by atoms with Crippen molar-refractivity contribution >= 4 is 34.9 Å². The van der Waals surface area contributed by atoms with Crippen molar-refractivity contribution in [2.75, 3.05) is 24.5 Å². The van der Waals surface area contributed by atoms with Crippen LogP contribution >= 0.6 is 12.4 Å². The highest BCUT2D eigenvalue weighted by Crippen LogP contribution is 2.33. The van der Waals surface area contributed by atoms with Crippen molar-refractivity contribution < 1.29 is 18.0 Å². The molecule has 1 aliphatic heterocycles. The number of rotatable bonds is 4. The Labute approximate surface area is 219 Å². The Morgan fingerprint density at radius 2 is 1.54 bits per heavy atom. The second kappa shape index (κ2) is 10.8. The van der Waals surface area contributed by atoms with E-state index in [0.29, 0.717) is 25.2 Å². The summed E-state index contributed by atoms with van der Waals surface area (Å²) in [4.78, 5) is 16.9. The molecule has 0 N–H and O–H groups in total. The molecule has 0 aliphatic carbocycles. The van der Waals surface area contributed by atoms with Gasteiger partial charge in [-0.1, -0.05) is 66.7 Å². The number of halogens is 4. The molecule has 1 fully saturated rings. The third kappa shape index (κ3) is 5.54. The third-order valence-electron chi connectivity index (χ3n) is 6.60. The normalized spacial score (nSPS) is 15.9. The quantitative estimate of drug-likeness (QED) is 0.326. The van der Waals surface area contributed by atoms with Crippen LogP contribution in [0.5, 0.6) is 0 Å². The SMILES string of the molecule is C[C@H]1CN(C(=O)Cc2ccc(C(F)(F)F)cc2)CCN1c1nnc(-c2ccccc2)c2ccccc12.Cl. The number of alkyl halides is 3. The van der Waals surface area contributed by atoms with Gasteiger partial charge in [-0.25, -0.2) is 0 Å². The summed E-state index contributed by atoms with van der Waals surface area (Å²) in [5.74, 6) is 0.684. The summed E-state index contributed by atoms with van der Waals surface area (Å²) in [6.07, 6.45) is -4.32. The maximum absolute atomic E-state index is 12.9. The van der Waals surface area contributed by atoms with E-state index in [9.17, 15) is 18.0 Å². The first kappa shape index (κ1) is 26.4. The first-order chi connectivity index (χ1) is 17.3. The molecule has 4 aromatic rings. The molecule has 1 atom stereocenters. The summed E-state index contributed by atoms with van der Waals surface area (Å²) in [7, 11) is 0. The second-order valence-electron chi connectivity index (χ2n) is 9.04. The Hall–Kier alpha value is -3.65. The van der Waals surface area contributed by atoms with E-state index >= 15 is 0 Å². The minimum atomic E-state index is -4.39. The Morgan fingerprint density at radius 1 is 0.892 bits per heavy atom. The summed E-state index contributed by atoms with van der Waals surface area (Å²) in [5.41, 5.74) is 1.68. The van der Waals surface area contributed by atoms with Gasteiger partial charge < -0.3 is 9.80 Å². The molecular formula is C28H26ClF3N4O. The van der Waals surface area contributed by atoms with E-state index in [-0.39, 0.29) is 30.8 Å². The number of fused-ring (bicyclic) bond motifs is 1. The van der Waals surface area contributed by atoms with Crippen molar-refractivity contribution in [3.8, 4) is 11.3 Å². The maximum atomic E-state index is 12.9. The summed E-state index contributed by atoms with van der Waals surface area (Å²) < 4.78 is 38.4. The number of amides is 1. The molecule has 0 bridgehead atoms. The monoisotopic (exact) mass is 526 g/mol. The molecule has 5 rings (SSSR count). The zero-order chi connectivity index (χ0) is 25.3. The number of piperazine rings is 1. The van der Waals surface area contributed by atoms with Crippen LogP contribution in [0.25, 0.3) is 22.0 Å². The predicted octanol–water partition coefficient (Wildman–Crippen LogP) is 6.02. The molecule has 1 amide bonds. The Balaban J connectivity index is 0.00000320. The van der Waals surface area contributed by atoms with Gasteiger partial charge in [0.25, 0.3) is 0 Å². The van der Waals surface area contributed by atoms with E-state index in [1.165, 1.54) is 12.1 Å². The van der Waals surface area contributed by atoms with Crippen molar-refractivity contribution in [1.82, 2.24) is 15.1 Å². The minimum absolute atomic E-state index is 0. The highest BCUT2D eigenvalue weighted by molar-refractivity contribution is 6.00. The molecule has 1 saturated heterocycles. The average molecular weight is 527 g/mol. The number of aromatic nitrogens is 2. The number of nitrogens with zero attached hydrogens (tertiary/aromatic N) is 4. The molecule has 192 valence electrons. The van der Waals surface area contributed by atoms with Crippen LogP contribution in [0, 0.1) is 0 Å². The second-order valence-corrected chi connectivity index (χ2v) is 9.04. The largest absolute Gasteiger partial charge is 0.416 e. The van der Waals surface area contributed by atoms with Crippen molar-refractivity contribution in [1.29, 1.82) is 0 Å². The number of anilines is 1. The first-order valence-electron chi connectivity index (χ1n) is 11.8. The van der Waals surface area contributed by atoms with Gasteiger partial charge in [0, 0.05) is 42.0 Å². The lowest BCUT2D eigenvalue weighted by atomic mass is 10.0. The summed E-state index contributed by atoms with van der Waals surface area (Å²) in [5, 5.41) is 11.2. The topological polar surface area (TPSA) is 49.3 Å². The molecule has 37 heavy (non-hydrogen) atoms. The van der Waals surface area contributed by atoms with Crippen LogP contribution in [0.2, 0.25) is 0 Å². The lowest BCUT2D eigenvalue weighted by Gasteiger charge is -2.40. The van der Waals surface area contributed by atoms with Crippen LogP contribution in [0.1, 0.15) is 18.1 Å². The lowest BCUT2D eigenvalue weighted by molar-refractivity contribution is -0.137. The van der Waals surface area contributed by atoms with E-state index in [2.05, 4.69) is 15.1 Å². The van der Waals surface area contributed by atoms with E-state index in [4.69, 9.17) is 0 Å². The van der Waals surface area contributed by atoms with Gasteiger partial charge in [-0.15, -0.1) is 22.6 Å². The van der Waals surface area contributed by atoms with E-state index in [1.54, 1.807) is 4.90 Å². The highest BCUT2D eigenvalue weighted by Gasteiger charge is 2.31. The molecule has 5 nitrogen and oxygen atoms in total. The highest BCUT2D eigenvalue weighted by atomic mass is 35.5. The van der Waals surface area contributed by atoms with Gasteiger partial charge in [-0.2, -0.15) is 13.2 Å². The number of hydrogen-bond donors (Lipinski definition) is 0. The lowest BCUT2D eigenvalue weighted by Crippen LogP contribution is -2.54. The molecule has 9 heteroatoms. The smallest absolute Gasteiger partial charge is 0.348 e. The third-order valence-corrected chi connectivity index (χ3v) is 6.60. The maximum Gasteiger partial charge on any atom is 0.416 e. The van der Waals surface area contributed by atoms with E-state index in [0.717, 1.165) is 40.0 Å². The summed E-state index contributed by atoms with van der Waals surface area (Å²) >= 11 is 0. The fourth-order valence-corrected chi connectivity index (χ4v) is 4.71. The Morgan fingerprint density at radius 3 is 2.19 bits per heavy atom. The van der Waals surface area contributed by atoms with Gasteiger partial charge in [0.05, 0.1) is 12.0 Å². The van der Waals surface area contributed by atoms with Crippen molar-refractivity contribution in [3.05, 3.63) is 90.0 Å². The van der Waals surface area contributed by atoms with Gasteiger partial charge in [-0.05, 0) is 24.6 Å². The number of hydrogen-bond acceptors (Lipinski definition) is 4. The van der Waals surface area contributed by atoms with Crippen LogP contribution in [0.4, 0.5) is 19.0 Å². The molecule has 0 radical (unpaired) electrons. The molecule has 2 heterocycles. The average Bonchev–Trinajstić information content (AvgIpc) is 2.88. The van der Waals surface area contributed by atoms with Gasteiger partial charge >= 0.3 is 6.18 Å². The van der Waals surface area contributed by atoms with E-state index < -0.39 is 11.7 Å². The number of carbonyl (C=O) groups is 1. The van der Waals surface area contributed by atoms with Crippen molar-refractivity contribution in [2.45, 2.75) is 25.6 Å². The van der Waals surface area contributed by atoms with Gasteiger partial charge in [0.15, 0.2) is 5.82 Å². The molecule has 0 spiro atoms. The molecular weight excluding hydrogens is 501 g/mol.